The zero-order chi connectivity index (χ0) is 11.5. The quantitative estimate of drug-likeness (QED) is 0.764. The molecule has 0 aromatic heterocycles. The molecule has 0 saturated carbocycles. The topological polar surface area (TPSA) is 23.8 Å². The van der Waals surface area contributed by atoms with Crippen LogP contribution in [0.15, 0.2) is 18.2 Å². The summed E-state index contributed by atoms with van der Waals surface area (Å²) in [4.78, 5) is 0. The van der Waals surface area contributed by atoms with Crippen molar-refractivity contribution in [2.24, 2.45) is 5.41 Å². The SMILES string of the molecule is CCC(C)(C#N)Cc1ccc(Cl)cc1F. The number of rotatable bonds is 3. The maximum Gasteiger partial charge on any atom is 0.127 e. The highest BCUT2D eigenvalue weighted by molar-refractivity contribution is 6.30. The van der Waals surface area contributed by atoms with E-state index in [2.05, 4.69) is 6.07 Å². The molecule has 15 heavy (non-hydrogen) atoms. The predicted octanol–water partition coefficient (Wildman–Crippen LogP) is 3.96. The molecule has 0 radical (unpaired) electrons. The molecule has 0 saturated heterocycles. The highest BCUT2D eigenvalue weighted by atomic mass is 35.5. The maximum absolute atomic E-state index is 13.5. The van der Waals surface area contributed by atoms with Crippen molar-refractivity contribution in [3.63, 3.8) is 0 Å². The number of benzene rings is 1. The predicted molar refractivity (Wildman–Crippen MR) is 59.1 cm³/mol. The molecule has 0 bridgehead atoms. The van der Waals surface area contributed by atoms with Gasteiger partial charge in [0, 0.05) is 5.02 Å². The Morgan fingerprint density at radius 3 is 2.67 bits per heavy atom. The Morgan fingerprint density at radius 2 is 2.20 bits per heavy atom. The lowest BCUT2D eigenvalue weighted by atomic mass is 9.83. The summed E-state index contributed by atoms with van der Waals surface area (Å²) in [6.45, 7) is 3.76. The zero-order valence-electron chi connectivity index (χ0n) is 8.85. The van der Waals surface area contributed by atoms with Gasteiger partial charge < -0.3 is 0 Å². The minimum Gasteiger partial charge on any atom is -0.207 e. The van der Waals surface area contributed by atoms with Gasteiger partial charge in [-0.05, 0) is 37.5 Å². The molecule has 0 fully saturated rings. The molecule has 0 aliphatic heterocycles. The van der Waals surface area contributed by atoms with Crippen LogP contribution in [0.2, 0.25) is 5.02 Å². The largest absolute Gasteiger partial charge is 0.207 e. The molecular formula is C12H13ClFN. The molecule has 1 rings (SSSR count). The Labute approximate surface area is 94.5 Å². The maximum atomic E-state index is 13.5. The molecule has 1 nitrogen and oxygen atoms in total. The number of hydrogen-bond donors (Lipinski definition) is 0. The van der Waals surface area contributed by atoms with Crippen LogP contribution >= 0.6 is 11.6 Å². The van der Waals surface area contributed by atoms with Gasteiger partial charge in [-0.25, -0.2) is 4.39 Å². The highest BCUT2D eigenvalue weighted by Crippen LogP contribution is 2.27. The van der Waals surface area contributed by atoms with E-state index in [9.17, 15) is 4.39 Å². The van der Waals surface area contributed by atoms with Crippen LogP contribution in [0.4, 0.5) is 4.39 Å². The average Bonchev–Trinajstić information content (AvgIpc) is 2.22. The van der Waals surface area contributed by atoms with Crippen molar-refractivity contribution in [1.82, 2.24) is 0 Å². The summed E-state index contributed by atoms with van der Waals surface area (Å²) >= 11 is 5.65. The zero-order valence-corrected chi connectivity index (χ0v) is 9.61. The minimum atomic E-state index is -0.505. The first-order chi connectivity index (χ1) is 7.00. The van der Waals surface area contributed by atoms with E-state index in [-0.39, 0.29) is 5.82 Å². The van der Waals surface area contributed by atoms with Crippen molar-refractivity contribution in [2.45, 2.75) is 26.7 Å². The van der Waals surface area contributed by atoms with Crippen LogP contribution in [0.1, 0.15) is 25.8 Å². The van der Waals surface area contributed by atoms with Crippen molar-refractivity contribution in [3.05, 3.63) is 34.6 Å². The van der Waals surface area contributed by atoms with Gasteiger partial charge in [0.2, 0.25) is 0 Å². The van der Waals surface area contributed by atoms with Crippen LogP contribution in [0.3, 0.4) is 0 Å². The van der Waals surface area contributed by atoms with Gasteiger partial charge >= 0.3 is 0 Å². The number of nitrogens with zero attached hydrogens (tertiary/aromatic N) is 1. The van der Waals surface area contributed by atoms with E-state index in [0.29, 0.717) is 23.4 Å². The van der Waals surface area contributed by atoms with Crippen LogP contribution < -0.4 is 0 Å². The molecule has 1 unspecified atom stereocenters. The van der Waals surface area contributed by atoms with Crippen molar-refractivity contribution < 1.29 is 4.39 Å². The summed E-state index contributed by atoms with van der Waals surface area (Å²) in [6.07, 6.45) is 1.12. The van der Waals surface area contributed by atoms with E-state index in [0.717, 1.165) is 0 Å². The smallest absolute Gasteiger partial charge is 0.127 e. The van der Waals surface area contributed by atoms with Crippen molar-refractivity contribution in [2.75, 3.05) is 0 Å². The van der Waals surface area contributed by atoms with Crippen LogP contribution in [-0.4, -0.2) is 0 Å². The van der Waals surface area contributed by atoms with Crippen LogP contribution in [0, 0.1) is 22.6 Å². The van der Waals surface area contributed by atoms with E-state index >= 15 is 0 Å². The molecule has 0 heterocycles. The normalized spacial score (nSPS) is 14.3. The fraction of sp³-hybridized carbons (Fsp3) is 0.417. The number of hydrogen-bond acceptors (Lipinski definition) is 1. The van der Waals surface area contributed by atoms with E-state index in [1.54, 1.807) is 12.1 Å². The molecule has 0 amide bonds. The van der Waals surface area contributed by atoms with Gasteiger partial charge in [-0.15, -0.1) is 0 Å². The molecule has 0 aliphatic rings. The fourth-order valence-corrected chi connectivity index (χ4v) is 1.49. The lowest BCUT2D eigenvalue weighted by Crippen LogP contribution is -2.16. The molecule has 1 aromatic rings. The first kappa shape index (κ1) is 12.0. The van der Waals surface area contributed by atoms with Crippen molar-refractivity contribution >= 4 is 11.6 Å². The van der Waals surface area contributed by atoms with Crippen LogP contribution in [0.5, 0.6) is 0 Å². The first-order valence-electron chi connectivity index (χ1n) is 4.86. The number of halogens is 2. The molecule has 3 heteroatoms. The van der Waals surface area contributed by atoms with E-state index in [1.165, 1.54) is 6.07 Å². The van der Waals surface area contributed by atoms with Gasteiger partial charge in [0.15, 0.2) is 0 Å². The second kappa shape index (κ2) is 4.63. The lowest BCUT2D eigenvalue weighted by Gasteiger charge is -2.19. The van der Waals surface area contributed by atoms with Crippen LogP contribution in [-0.2, 0) is 6.42 Å². The van der Waals surface area contributed by atoms with Gasteiger partial charge in [-0.2, -0.15) is 5.26 Å². The van der Waals surface area contributed by atoms with Gasteiger partial charge in [-0.1, -0.05) is 24.6 Å². The third-order valence-corrected chi connectivity index (χ3v) is 2.88. The van der Waals surface area contributed by atoms with Crippen molar-refractivity contribution in [3.8, 4) is 6.07 Å². The van der Waals surface area contributed by atoms with Gasteiger partial charge in [-0.3, -0.25) is 0 Å². The molecule has 0 spiro atoms. The Hall–Kier alpha value is -1.07. The van der Waals surface area contributed by atoms with E-state index < -0.39 is 5.41 Å². The van der Waals surface area contributed by atoms with Gasteiger partial charge in [0.25, 0.3) is 0 Å². The molecule has 0 aliphatic carbocycles. The third kappa shape index (κ3) is 2.94. The van der Waals surface area contributed by atoms with Crippen LogP contribution in [0.25, 0.3) is 0 Å². The fourth-order valence-electron chi connectivity index (χ4n) is 1.33. The second-order valence-corrected chi connectivity index (χ2v) is 4.37. The van der Waals surface area contributed by atoms with E-state index in [4.69, 9.17) is 16.9 Å². The molecular weight excluding hydrogens is 213 g/mol. The number of nitriles is 1. The standard InChI is InChI=1S/C12H13ClFN/c1-3-12(2,8-15)7-9-4-5-10(13)6-11(9)14/h4-6H,3,7H2,1-2H3. The Balaban J connectivity index is 2.95. The Morgan fingerprint density at radius 1 is 1.53 bits per heavy atom. The van der Waals surface area contributed by atoms with Crippen molar-refractivity contribution in [1.29, 1.82) is 5.26 Å². The minimum absolute atomic E-state index is 0.336. The summed E-state index contributed by atoms with van der Waals surface area (Å²) < 4.78 is 13.5. The monoisotopic (exact) mass is 225 g/mol. The summed E-state index contributed by atoms with van der Waals surface area (Å²) in [5, 5.41) is 9.37. The average molecular weight is 226 g/mol. The van der Waals surface area contributed by atoms with E-state index in [1.807, 2.05) is 13.8 Å². The Bertz CT molecular complexity index is 397. The second-order valence-electron chi connectivity index (χ2n) is 3.94. The summed E-state index contributed by atoms with van der Waals surface area (Å²) in [7, 11) is 0. The summed E-state index contributed by atoms with van der Waals surface area (Å²) in [6, 6.07) is 6.79. The highest BCUT2D eigenvalue weighted by Gasteiger charge is 2.23. The molecule has 0 N–H and O–H groups in total. The third-order valence-electron chi connectivity index (χ3n) is 2.65. The molecule has 1 atom stereocenters. The lowest BCUT2D eigenvalue weighted by molar-refractivity contribution is 0.413. The van der Waals surface area contributed by atoms with Gasteiger partial charge in [0.05, 0.1) is 11.5 Å². The Kier molecular flexibility index (Phi) is 3.71. The molecule has 80 valence electrons. The summed E-state index contributed by atoms with van der Waals surface area (Å²) in [5.74, 6) is -0.336. The van der Waals surface area contributed by atoms with Gasteiger partial charge in [0.1, 0.15) is 5.82 Å². The summed E-state index contributed by atoms with van der Waals surface area (Å²) in [5.41, 5.74) is 0.0413. The first-order valence-corrected chi connectivity index (χ1v) is 5.24. The molecule has 1 aromatic carbocycles.